The maximum atomic E-state index is 11.9. The van der Waals surface area contributed by atoms with Crippen molar-refractivity contribution in [3.8, 4) is 0 Å². The van der Waals surface area contributed by atoms with Gasteiger partial charge in [-0.15, -0.1) is 10.2 Å². The fraction of sp³-hybridized carbons (Fsp3) is 0.100. The molecular formula is C10H9BrN4OS. The minimum absolute atomic E-state index is 0.231. The van der Waals surface area contributed by atoms with Gasteiger partial charge in [0, 0.05) is 10.0 Å². The van der Waals surface area contributed by atoms with Gasteiger partial charge < -0.3 is 5.73 Å². The van der Waals surface area contributed by atoms with Gasteiger partial charge >= 0.3 is 0 Å². The van der Waals surface area contributed by atoms with Gasteiger partial charge in [0.15, 0.2) is 0 Å². The quantitative estimate of drug-likeness (QED) is 0.892. The lowest BCUT2D eigenvalue weighted by Gasteiger charge is -2.03. The normalized spacial score (nSPS) is 10.2. The van der Waals surface area contributed by atoms with E-state index in [4.69, 9.17) is 5.73 Å². The summed E-state index contributed by atoms with van der Waals surface area (Å²) < 4.78 is 0.861. The van der Waals surface area contributed by atoms with E-state index in [0.29, 0.717) is 15.8 Å². The van der Waals surface area contributed by atoms with Gasteiger partial charge in [-0.2, -0.15) is 0 Å². The smallest absolute Gasteiger partial charge is 0.257 e. The lowest BCUT2D eigenvalue weighted by atomic mass is 10.1. The van der Waals surface area contributed by atoms with Gasteiger partial charge in [0.05, 0.1) is 0 Å². The highest BCUT2D eigenvalue weighted by Gasteiger charge is 2.10. The van der Waals surface area contributed by atoms with Crippen molar-refractivity contribution in [1.82, 2.24) is 10.2 Å². The number of carbonyl (C=O) groups excluding carboxylic acids is 1. The summed E-state index contributed by atoms with van der Waals surface area (Å²) in [5.41, 5.74) is 6.99. The maximum absolute atomic E-state index is 11.9. The summed E-state index contributed by atoms with van der Waals surface area (Å²) in [6.45, 7) is 1.92. The number of hydrogen-bond acceptors (Lipinski definition) is 5. The van der Waals surface area contributed by atoms with Gasteiger partial charge in [-0.05, 0) is 30.7 Å². The summed E-state index contributed by atoms with van der Waals surface area (Å²) in [4.78, 5) is 11.9. The molecule has 5 nitrogen and oxygen atoms in total. The van der Waals surface area contributed by atoms with Crippen molar-refractivity contribution in [3.05, 3.63) is 33.8 Å². The van der Waals surface area contributed by atoms with Crippen molar-refractivity contribution in [2.24, 2.45) is 0 Å². The van der Waals surface area contributed by atoms with Crippen LogP contribution in [-0.2, 0) is 0 Å². The van der Waals surface area contributed by atoms with Crippen LogP contribution in [0.1, 0.15) is 15.9 Å². The molecule has 0 aliphatic rings. The molecule has 2 rings (SSSR count). The zero-order valence-electron chi connectivity index (χ0n) is 8.90. The molecule has 0 radical (unpaired) electrons. The van der Waals surface area contributed by atoms with Gasteiger partial charge in [0.25, 0.3) is 5.91 Å². The van der Waals surface area contributed by atoms with Gasteiger partial charge in [0.1, 0.15) is 0 Å². The second-order valence-corrected chi connectivity index (χ2v) is 5.34. The number of rotatable bonds is 2. The predicted molar refractivity (Wildman–Crippen MR) is 71.2 cm³/mol. The number of nitrogen functional groups attached to an aromatic ring is 1. The van der Waals surface area contributed by atoms with E-state index < -0.39 is 0 Å². The van der Waals surface area contributed by atoms with Crippen LogP contribution in [0.25, 0.3) is 0 Å². The average Bonchev–Trinajstić information content (AvgIpc) is 2.62. The Labute approximate surface area is 110 Å². The van der Waals surface area contributed by atoms with Crippen LogP contribution in [-0.4, -0.2) is 16.1 Å². The van der Waals surface area contributed by atoms with E-state index in [9.17, 15) is 4.79 Å². The first kappa shape index (κ1) is 12.0. The summed E-state index contributed by atoms with van der Waals surface area (Å²) >= 11 is 4.48. The summed E-state index contributed by atoms with van der Waals surface area (Å²) in [7, 11) is 0. The lowest BCUT2D eigenvalue weighted by molar-refractivity contribution is 0.102. The Morgan fingerprint density at radius 1 is 1.41 bits per heavy atom. The first-order chi connectivity index (χ1) is 8.04. The zero-order valence-corrected chi connectivity index (χ0v) is 11.3. The van der Waals surface area contributed by atoms with Crippen LogP contribution in [0, 0.1) is 6.92 Å². The summed E-state index contributed by atoms with van der Waals surface area (Å²) in [6, 6.07) is 5.47. The fourth-order valence-electron chi connectivity index (χ4n) is 1.32. The van der Waals surface area contributed by atoms with E-state index in [0.717, 1.165) is 21.4 Å². The number of halogens is 1. The number of aromatic nitrogens is 2. The second kappa shape index (κ2) is 4.80. The molecule has 1 heterocycles. The Morgan fingerprint density at radius 2 is 2.18 bits per heavy atom. The highest BCUT2D eigenvalue weighted by Crippen LogP contribution is 2.19. The Balaban J connectivity index is 2.19. The predicted octanol–water partition coefficient (Wildman–Crippen LogP) is 2.44. The monoisotopic (exact) mass is 312 g/mol. The summed E-state index contributed by atoms with van der Waals surface area (Å²) in [6.07, 6.45) is 0. The van der Waals surface area contributed by atoms with Gasteiger partial charge in [-0.25, -0.2) is 0 Å². The van der Waals surface area contributed by atoms with Gasteiger partial charge in [0.2, 0.25) is 10.3 Å². The topological polar surface area (TPSA) is 80.9 Å². The van der Waals surface area contributed by atoms with Crippen molar-refractivity contribution < 1.29 is 4.79 Å². The number of nitrogens with zero attached hydrogens (tertiary/aromatic N) is 2. The number of aryl methyl sites for hydroxylation is 1. The van der Waals surface area contributed by atoms with Crippen molar-refractivity contribution in [2.75, 3.05) is 11.1 Å². The van der Waals surface area contributed by atoms with Crippen LogP contribution in [0.4, 0.5) is 10.3 Å². The van der Waals surface area contributed by atoms with Crippen LogP contribution >= 0.6 is 27.3 Å². The average molecular weight is 313 g/mol. The molecule has 88 valence electrons. The fourth-order valence-corrected chi connectivity index (χ4v) is 2.43. The minimum Gasteiger partial charge on any atom is -0.374 e. The molecule has 0 saturated heterocycles. The molecular weight excluding hydrogens is 304 g/mol. The molecule has 0 spiro atoms. The van der Waals surface area contributed by atoms with E-state index in [1.54, 1.807) is 12.1 Å². The van der Waals surface area contributed by atoms with Gasteiger partial charge in [-0.1, -0.05) is 27.3 Å². The Morgan fingerprint density at radius 3 is 2.76 bits per heavy atom. The largest absolute Gasteiger partial charge is 0.374 e. The number of benzene rings is 1. The highest BCUT2D eigenvalue weighted by molar-refractivity contribution is 9.10. The van der Waals surface area contributed by atoms with Crippen LogP contribution in [0.5, 0.6) is 0 Å². The van der Waals surface area contributed by atoms with Crippen LogP contribution < -0.4 is 11.1 Å². The molecule has 7 heteroatoms. The molecule has 17 heavy (non-hydrogen) atoms. The molecule has 2 aromatic rings. The molecule has 1 aromatic heterocycles. The SMILES string of the molecule is Cc1cc(Br)cc(C(=O)Nc2nnc(N)s2)c1. The first-order valence-corrected chi connectivity index (χ1v) is 6.33. The van der Waals surface area contributed by atoms with Crippen molar-refractivity contribution >= 4 is 43.4 Å². The number of anilines is 2. The van der Waals surface area contributed by atoms with Crippen molar-refractivity contribution in [2.45, 2.75) is 6.92 Å². The minimum atomic E-state index is -0.231. The number of nitrogens with one attached hydrogen (secondary N) is 1. The van der Waals surface area contributed by atoms with Crippen molar-refractivity contribution in [1.29, 1.82) is 0 Å². The third-order valence-electron chi connectivity index (χ3n) is 1.97. The van der Waals surface area contributed by atoms with Crippen LogP contribution in [0.15, 0.2) is 22.7 Å². The lowest BCUT2D eigenvalue weighted by Crippen LogP contribution is -2.11. The number of carbonyl (C=O) groups is 1. The molecule has 1 amide bonds. The zero-order chi connectivity index (χ0) is 12.4. The second-order valence-electron chi connectivity index (χ2n) is 3.42. The number of hydrogen-bond donors (Lipinski definition) is 2. The molecule has 0 fully saturated rings. The molecule has 0 atom stereocenters. The van der Waals surface area contributed by atoms with E-state index >= 15 is 0 Å². The van der Waals surface area contributed by atoms with E-state index in [2.05, 4.69) is 31.4 Å². The Kier molecular flexibility index (Phi) is 3.39. The molecule has 0 aliphatic carbocycles. The molecule has 3 N–H and O–H groups in total. The Hall–Kier alpha value is -1.47. The standard InChI is InChI=1S/C10H9BrN4OS/c1-5-2-6(4-7(11)3-5)8(16)13-10-15-14-9(12)17-10/h2-4H,1H3,(H2,12,14)(H,13,15,16). The number of amides is 1. The molecule has 0 unspecified atom stereocenters. The van der Waals surface area contributed by atoms with E-state index in [-0.39, 0.29) is 5.91 Å². The molecule has 1 aromatic carbocycles. The van der Waals surface area contributed by atoms with E-state index in [1.165, 1.54) is 0 Å². The van der Waals surface area contributed by atoms with Crippen LogP contribution in [0.3, 0.4) is 0 Å². The summed E-state index contributed by atoms with van der Waals surface area (Å²) in [5.74, 6) is -0.231. The van der Waals surface area contributed by atoms with Crippen molar-refractivity contribution in [3.63, 3.8) is 0 Å². The summed E-state index contributed by atoms with van der Waals surface area (Å²) in [5, 5.41) is 10.7. The molecule has 0 saturated carbocycles. The highest BCUT2D eigenvalue weighted by atomic mass is 79.9. The van der Waals surface area contributed by atoms with Gasteiger partial charge in [-0.3, -0.25) is 10.1 Å². The maximum Gasteiger partial charge on any atom is 0.257 e. The third kappa shape index (κ3) is 3.01. The Bertz CT molecular complexity index is 549. The first-order valence-electron chi connectivity index (χ1n) is 4.72. The van der Waals surface area contributed by atoms with Crippen LogP contribution in [0.2, 0.25) is 0 Å². The molecule has 0 aliphatic heterocycles. The molecule has 0 bridgehead atoms. The third-order valence-corrected chi connectivity index (χ3v) is 3.09. The number of nitrogens with two attached hydrogens (primary N) is 1. The van der Waals surface area contributed by atoms with E-state index in [1.807, 2.05) is 13.0 Å².